The summed E-state index contributed by atoms with van der Waals surface area (Å²) in [5.74, 6) is -0.0414. The molecule has 0 bridgehead atoms. The Labute approximate surface area is 106 Å². The number of aromatic nitrogens is 2. The van der Waals surface area contributed by atoms with E-state index in [0.717, 1.165) is 5.69 Å². The maximum absolute atomic E-state index is 12.1. The molecule has 1 fully saturated rings. The molecule has 0 spiro atoms. The van der Waals surface area contributed by atoms with E-state index in [9.17, 15) is 13.2 Å². The molecule has 1 amide bonds. The molecular formula is C11H17N3O3S. The topological polar surface area (TPSA) is 81.1 Å². The van der Waals surface area contributed by atoms with Crippen LogP contribution < -0.4 is 5.32 Å². The van der Waals surface area contributed by atoms with Crippen molar-refractivity contribution in [3.8, 4) is 0 Å². The molecule has 1 aliphatic heterocycles. The van der Waals surface area contributed by atoms with Crippen LogP contribution in [0.15, 0.2) is 0 Å². The van der Waals surface area contributed by atoms with Crippen molar-refractivity contribution in [2.45, 2.75) is 26.3 Å². The van der Waals surface area contributed by atoms with Crippen LogP contribution in [0.5, 0.6) is 0 Å². The molecule has 1 aromatic heterocycles. The zero-order chi connectivity index (χ0) is 13.5. The molecule has 2 rings (SSSR count). The van der Waals surface area contributed by atoms with Crippen molar-refractivity contribution < 1.29 is 13.2 Å². The van der Waals surface area contributed by atoms with Gasteiger partial charge in [-0.3, -0.25) is 9.48 Å². The van der Waals surface area contributed by atoms with Crippen LogP contribution in [0, 0.1) is 13.8 Å². The number of nitrogens with zero attached hydrogens (tertiary/aromatic N) is 2. The average Bonchev–Trinajstić information content (AvgIpc) is 2.68. The quantitative estimate of drug-likeness (QED) is 0.818. The number of nitrogens with one attached hydrogen (secondary N) is 1. The minimum atomic E-state index is -2.97. The van der Waals surface area contributed by atoms with Crippen molar-refractivity contribution in [1.29, 1.82) is 0 Å². The normalized spacial score (nSPS) is 22.1. The Morgan fingerprint density at radius 3 is 2.56 bits per heavy atom. The number of hydrogen-bond donors (Lipinski definition) is 1. The van der Waals surface area contributed by atoms with E-state index in [1.54, 1.807) is 18.7 Å². The molecular weight excluding hydrogens is 254 g/mol. The summed E-state index contributed by atoms with van der Waals surface area (Å²) in [7, 11) is -1.20. The molecule has 0 unspecified atom stereocenters. The van der Waals surface area contributed by atoms with Gasteiger partial charge < -0.3 is 5.32 Å². The molecule has 6 nitrogen and oxygen atoms in total. The number of hydrogen-bond acceptors (Lipinski definition) is 4. The summed E-state index contributed by atoms with van der Waals surface area (Å²) in [6.45, 7) is 3.59. The van der Waals surface area contributed by atoms with Crippen LogP contribution in [-0.4, -0.2) is 41.7 Å². The van der Waals surface area contributed by atoms with Gasteiger partial charge in [0.1, 0.15) is 0 Å². The van der Waals surface area contributed by atoms with Crippen LogP contribution in [0.2, 0.25) is 0 Å². The van der Waals surface area contributed by atoms with E-state index in [2.05, 4.69) is 10.4 Å². The molecule has 7 heteroatoms. The van der Waals surface area contributed by atoms with Crippen molar-refractivity contribution >= 4 is 15.7 Å². The summed E-state index contributed by atoms with van der Waals surface area (Å²) in [6, 6.07) is -0.276. The minimum absolute atomic E-state index is 0.0388. The van der Waals surface area contributed by atoms with Gasteiger partial charge in [0.2, 0.25) is 0 Å². The highest BCUT2D eigenvalue weighted by atomic mass is 32.2. The van der Waals surface area contributed by atoms with Crippen LogP contribution in [0.25, 0.3) is 0 Å². The number of aryl methyl sites for hydroxylation is 2. The summed E-state index contributed by atoms with van der Waals surface area (Å²) in [5, 5.41) is 6.95. The molecule has 1 saturated heterocycles. The van der Waals surface area contributed by atoms with Gasteiger partial charge in [0.05, 0.1) is 22.8 Å². The zero-order valence-corrected chi connectivity index (χ0v) is 11.5. The summed E-state index contributed by atoms with van der Waals surface area (Å²) < 4.78 is 24.3. The largest absolute Gasteiger partial charge is 0.348 e. The van der Waals surface area contributed by atoms with Crippen LogP contribution in [0.4, 0.5) is 0 Å². The van der Waals surface area contributed by atoms with Gasteiger partial charge in [0.15, 0.2) is 9.84 Å². The first-order valence-electron chi connectivity index (χ1n) is 5.81. The standard InChI is InChI=1S/C11H17N3O3S/c1-7-10(8(2)14(3)13-7)11(15)12-9-4-5-18(16,17)6-9/h9H,4-6H2,1-3H3,(H,12,15)/t9-/m1/s1. The molecule has 100 valence electrons. The fourth-order valence-corrected chi connectivity index (χ4v) is 3.94. The molecule has 0 saturated carbocycles. The van der Waals surface area contributed by atoms with Gasteiger partial charge in [-0.2, -0.15) is 5.10 Å². The van der Waals surface area contributed by atoms with Crippen LogP contribution in [0.1, 0.15) is 28.2 Å². The van der Waals surface area contributed by atoms with E-state index in [4.69, 9.17) is 0 Å². The second-order valence-corrected chi connectivity index (χ2v) is 6.97. The highest BCUT2D eigenvalue weighted by molar-refractivity contribution is 7.91. The van der Waals surface area contributed by atoms with Gasteiger partial charge in [-0.1, -0.05) is 0 Å². The lowest BCUT2D eigenvalue weighted by atomic mass is 10.1. The van der Waals surface area contributed by atoms with Gasteiger partial charge in [-0.25, -0.2) is 8.42 Å². The lowest BCUT2D eigenvalue weighted by molar-refractivity contribution is 0.0940. The lowest BCUT2D eigenvalue weighted by Gasteiger charge is -2.10. The van der Waals surface area contributed by atoms with Crippen molar-refractivity contribution in [1.82, 2.24) is 15.1 Å². The third-order valence-corrected chi connectivity index (χ3v) is 5.07. The Kier molecular flexibility index (Phi) is 3.18. The van der Waals surface area contributed by atoms with Gasteiger partial charge in [-0.05, 0) is 20.3 Å². The molecule has 0 aliphatic carbocycles. The molecule has 0 aromatic carbocycles. The number of amides is 1. The first-order chi connectivity index (χ1) is 8.30. The van der Waals surface area contributed by atoms with E-state index in [-0.39, 0.29) is 23.5 Å². The monoisotopic (exact) mass is 271 g/mol. The Hall–Kier alpha value is -1.37. The van der Waals surface area contributed by atoms with Crippen LogP contribution in [-0.2, 0) is 16.9 Å². The number of carbonyl (C=O) groups excluding carboxylic acids is 1. The predicted octanol–water partition coefficient (Wildman–Crippen LogP) is -0.0462. The van der Waals surface area contributed by atoms with E-state index in [1.807, 2.05) is 6.92 Å². The first kappa shape index (κ1) is 13.1. The van der Waals surface area contributed by atoms with Crippen LogP contribution in [0.3, 0.4) is 0 Å². The van der Waals surface area contributed by atoms with E-state index >= 15 is 0 Å². The summed E-state index contributed by atoms with van der Waals surface area (Å²) in [5.41, 5.74) is 1.99. The zero-order valence-electron chi connectivity index (χ0n) is 10.7. The van der Waals surface area contributed by atoms with Crippen LogP contribution >= 0.6 is 0 Å². The van der Waals surface area contributed by atoms with Crippen molar-refractivity contribution in [2.75, 3.05) is 11.5 Å². The van der Waals surface area contributed by atoms with Crippen molar-refractivity contribution in [3.05, 3.63) is 17.0 Å². The molecule has 1 aromatic rings. The minimum Gasteiger partial charge on any atom is -0.348 e. The third-order valence-electron chi connectivity index (χ3n) is 3.30. The smallest absolute Gasteiger partial charge is 0.255 e. The highest BCUT2D eigenvalue weighted by Gasteiger charge is 2.30. The summed E-state index contributed by atoms with van der Waals surface area (Å²) in [6.07, 6.45) is 0.492. The van der Waals surface area contributed by atoms with Gasteiger partial charge in [0.25, 0.3) is 5.91 Å². The third kappa shape index (κ3) is 2.40. The number of sulfone groups is 1. The average molecular weight is 271 g/mol. The number of carbonyl (C=O) groups is 1. The second kappa shape index (κ2) is 4.38. The van der Waals surface area contributed by atoms with Gasteiger partial charge in [-0.15, -0.1) is 0 Å². The fourth-order valence-electron chi connectivity index (χ4n) is 2.27. The summed E-state index contributed by atoms with van der Waals surface area (Å²) >= 11 is 0. The van der Waals surface area contributed by atoms with E-state index in [0.29, 0.717) is 17.7 Å². The molecule has 1 N–H and O–H groups in total. The predicted molar refractivity (Wildman–Crippen MR) is 67.2 cm³/mol. The SMILES string of the molecule is Cc1nn(C)c(C)c1C(=O)N[C@@H]1CCS(=O)(=O)C1. The molecule has 1 atom stereocenters. The Morgan fingerprint density at radius 2 is 2.11 bits per heavy atom. The maximum Gasteiger partial charge on any atom is 0.255 e. The van der Waals surface area contributed by atoms with Gasteiger partial charge in [0, 0.05) is 18.8 Å². The highest BCUT2D eigenvalue weighted by Crippen LogP contribution is 2.15. The van der Waals surface area contributed by atoms with E-state index < -0.39 is 9.84 Å². The molecule has 2 heterocycles. The van der Waals surface area contributed by atoms with E-state index in [1.165, 1.54) is 0 Å². The van der Waals surface area contributed by atoms with Crippen molar-refractivity contribution in [2.24, 2.45) is 7.05 Å². The Morgan fingerprint density at radius 1 is 1.44 bits per heavy atom. The van der Waals surface area contributed by atoms with Crippen molar-refractivity contribution in [3.63, 3.8) is 0 Å². The first-order valence-corrected chi connectivity index (χ1v) is 7.64. The Bertz CT molecular complexity index is 589. The molecule has 18 heavy (non-hydrogen) atoms. The lowest BCUT2D eigenvalue weighted by Crippen LogP contribution is -2.36. The molecule has 0 radical (unpaired) electrons. The Balaban J connectivity index is 2.14. The number of rotatable bonds is 2. The second-order valence-electron chi connectivity index (χ2n) is 4.74. The van der Waals surface area contributed by atoms with Gasteiger partial charge >= 0.3 is 0 Å². The molecule has 1 aliphatic rings. The summed E-state index contributed by atoms with van der Waals surface area (Å²) in [4.78, 5) is 12.1. The maximum atomic E-state index is 12.1. The fraction of sp³-hybridized carbons (Fsp3) is 0.636.